The number of amides is 1. The molecule has 1 N–H and O–H groups in total. The molecule has 2 aromatic heterocycles. The van der Waals surface area contributed by atoms with Gasteiger partial charge in [0.1, 0.15) is 5.82 Å². The molecule has 0 saturated carbocycles. The number of nitrogens with zero attached hydrogens (tertiary/aromatic N) is 3. The minimum atomic E-state index is -0.556. The molecule has 0 bridgehead atoms. The van der Waals surface area contributed by atoms with Gasteiger partial charge in [-0.1, -0.05) is 37.0 Å². The maximum atomic E-state index is 11.8. The second-order valence-corrected chi connectivity index (χ2v) is 6.00. The van der Waals surface area contributed by atoms with Crippen LogP contribution in [0, 0.1) is 12.8 Å². The van der Waals surface area contributed by atoms with Crippen LogP contribution in [0.2, 0.25) is 10.0 Å². The Bertz CT molecular complexity index is 685. The SMILES string of the molecule is Cc1cc(NC(=O)OCC(C)C)n(-c2ncc(Cl)cc2Cl)n1. The van der Waals surface area contributed by atoms with E-state index in [0.29, 0.717) is 34.0 Å². The average molecular weight is 343 g/mol. The highest BCUT2D eigenvalue weighted by atomic mass is 35.5. The Balaban J connectivity index is 2.25. The number of carbonyl (C=O) groups excluding carboxylic acids is 1. The standard InChI is InChI=1S/C14H16Cl2N4O2/c1-8(2)7-22-14(21)18-12-4-9(3)19-20(12)13-11(16)5-10(15)6-17-13/h4-6,8H,7H2,1-3H3,(H,18,21). The topological polar surface area (TPSA) is 69.0 Å². The van der Waals surface area contributed by atoms with Crippen molar-refractivity contribution in [1.29, 1.82) is 0 Å². The van der Waals surface area contributed by atoms with E-state index in [9.17, 15) is 4.79 Å². The van der Waals surface area contributed by atoms with Crippen LogP contribution < -0.4 is 5.32 Å². The fourth-order valence-corrected chi connectivity index (χ4v) is 2.16. The van der Waals surface area contributed by atoms with Gasteiger partial charge in [0.05, 0.1) is 22.3 Å². The van der Waals surface area contributed by atoms with E-state index in [2.05, 4.69) is 15.4 Å². The molecule has 1 amide bonds. The van der Waals surface area contributed by atoms with E-state index in [-0.39, 0.29) is 5.92 Å². The van der Waals surface area contributed by atoms with Crippen LogP contribution in [0.4, 0.5) is 10.6 Å². The number of aromatic nitrogens is 3. The van der Waals surface area contributed by atoms with Crippen LogP contribution in [0.25, 0.3) is 5.82 Å². The number of anilines is 1. The fourth-order valence-electron chi connectivity index (χ4n) is 1.70. The molecule has 118 valence electrons. The van der Waals surface area contributed by atoms with Crippen LogP contribution in [0.1, 0.15) is 19.5 Å². The van der Waals surface area contributed by atoms with Crippen molar-refractivity contribution in [2.24, 2.45) is 5.92 Å². The lowest BCUT2D eigenvalue weighted by atomic mass is 10.2. The highest BCUT2D eigenvalue weighted by Gasteiger charge is 2.15. The van der Waals surface area contributed by atoms with Crippen LogP contribution in [0.5, 0.6) is 0 Å². The van der Waals surface area contributed by atoms with E-state index >= 15 is 0 Å². The number of hydrogen-bond donors (Lipinski definition) is 1. The summed E-state index contributed by atoms with van der Waals surface area (Å²) in [4.78, 5) is 15.9. The number of carbonyl (C=O) groups is 1. The van der Waals surface area contributed by atoms with E-state index in [0.717, 1.165) is 0 Å². The first kappa shape index (κ1) is 16.6. The Morgan fingerprint density at radius 3 is 2.77 bits per heavy atom. The van der Waals surface area contributed by atoms with Gasteiger partial charge in [-0.2, -0.15) is 9.78 Å². The van der Waals surface area contributed by atoms with Crippen molar-refractivity contribution in [2.75, 3.05) is 11.9 Å². The molecule has 0 spiro atoms. The summed E-state index contributed by atoms with van der Waals surface area (Å²) in [6.45, 7) is 6.04. The lowest BCUT2D eigenvalue weighted by molar-refractivity contribution is 0.147. The van der Waals surface area contributed by atoms with Crippen LogP contribution in [-0.2, 0) is 4.74 Å². The normalized spacial score (nSPS) is 10.8. The molecule has 6 nitrogen and oxygen atoms in total. The van der Waals surface area contributed by atoms with Crippen LogP contribution >= 0.6 is 23.2 Å². The monoisotopic (exact) mass is 342 g/mol. The first-order chi connectivity index (χ1) is 10.4. The van der Waals surface area contributed by atoms with E-state index < -0.39 is 6.09 Å². The summed E-state index contributed by atoms with van der Waals surface area (Å²) in [6.07, 6.45) is 0.903. The lowest BCUT2D eigenvalue weighted by Crippen LogP contribution is -2.19. The third-order valence-corrected chi connectivity index (χ3v) is 3.08. The highest BCUT2D eigenvalue weighted by molar-refractivity contribution is 6.35. The second-order valence-electron chi connectivity index (χ2n) is 5.16. The lowest BCUT2D eigenvalue weighted by Gasteiger charge is -2.11. The molecule has 0 atom stereocenters. The summed E-state index contributed by atoms with van der Waals surface area (Å²) in [7, 11) is 0. The van der Waals surface area contributed by atoms with Gasteiger partial charge < -0.3 is 4.74 Å². The molecule has 0 aliphatic carbocycles. The van der Waals surface area contributed by atoms with Crippen molar-refractivity contribution >= 4 is 35.1 Å². The predicted molar refractivity (Wildman–Crippen MR) is 85.9 cm³/mol. The summed E-state index contributed by atoms with van der Waals surface area (Å²) in [5, 5.41) is 7.66. The van der Waals surface area contributed by atoms with E-state index in [4.69, 9.17) is 27.9 Å². The quantitative estimate of drug-likeness (QED) is 0.908. The molecule has 0 radical (unpaired) electrons. The Kier molecular flexibility index (Phi) is 5.26. The molecule has 0 unspecified atom stereocenters. The predicted octanol–water partition coefficient (Wildman–Crippen LogP) is 4.09. The number of aryl methyl sites for hydroxylation is 1. The molecule has 2 rings (SSSR count). The van der Waals surface area contributed by atoms with E-state index in [1.165, 1.54) is 10.9 Å². The molecule has 0 fully saturated rings. The number of nitrogens with one attached hydrogen (secondary N) is 1. The smallest absolute Gasteiger partial charge is 0.412 e. The second kappa shape index (κ2) is 6.98. The summed E-state index contributed by atoms with van der Waals surface area (Å²) < 4.78 is 6.53. The van der Waals surface area contributed by atoms with E-state index in [1.807, 2.05) is 13.8 Å². The molecular weight excluding hydrogens is 327 g/mol. The Hall–Kier alpha value is -1.79. The first-order valence-electron chi connectivity index (χ1n) is 6.68. The molecule has 0 aliphatic heterocycles. The minimum Gasteiger partial charge on any atom is -0.449 e. The zero-order valence-corrected chi connectivity index (χ0v) is 13.9. The zero-order chi connectivity index (χ0) is 16.3. The average Bonchev–Trinajstić information content (AvgIpc) is 2.77. The van der Waals surface area contributed by atoms with Gasteiger partial charge in [-0.3, -0.25) is 5.32 Å². The molecule has 2 aromatic rings. The van der Waals surface area contributed by atoms with Gasteiger partial charge >= 0.3 is 6.09 Å². The molecule has 0 aliphatic rings. The van der Waals surface area contributed by atoms with Crippen molar-refractivity contribution in [1.82, 2.24) is 14.8 Å². The number of ether oxygens (including phenoxy) is 1. The zero-order valence-electron chi connectivity index (χ0n) is 12.4. The number of pyridine rings is 1. The van der Waals surface area contributed by atoms with Crippen molar-refractivity contribution < 1.29 is 9.53 Å². The third kappa shape index (κ3) is 4.11. The van der Waals surface area contributed by atoms with Crippen molar-refractivity contribution in [3.8, 4) is 5.82 Å². The van der Waals surface area contributed by atoms with Crippen LogP contribution in [0.15, 0.2) is 18.3 Å². The van der Waals surface area contributed by atoms with E-state index in [1.54, 1.807) is 19.1 Å². The van der Waals surface area contributed by atoms with Crippen molar-refractivity contribution in [2.45, 2.75) is 20.8 Å². The van der Waals surface area contributed by atoms with Gasteiger partial charge in [0.25, 0.3) is 0 Å². The van der Waals surface area contributed by atoms with Crippen LogP contribution in [-0.4, -0.2) is 27.5 Å². The number of rotatable bonds is 4. The summed E-state index contributed by atoms with van der Waals surface area (Å²) >= 11 is 12.0. The molecule has 8 heteroatoms. The Labute approximate surface area is 138 Å². The van der Waals surface area contributed by atoms with Gasteiger partial charge in [0.15, 0.2) is 5.82 Å². The van der Waals surface area contributed by atoms with Crippen LogP contribution in [0.3, 0.4) is 0 Å². The highest BCUT2D eigenvalue weighted by Crippen LogP contribution is 2.25. The largest absolute Gasteiger partial charge is 0.449 e. The van der Waals surface area contributed by atoms with Gasteiger partial charge in [-0.15, -0.1) is 0 Å². The summed E-state index contributed by atoms with van der Waals surface area (Å²) in [5.41, 5.74) is 0.701. The van der Waals surface area contributed by atoms with Gasteiger partial charge in [-0.05, 0) is 18.9 Å². The molecule has 0 aromatic carbocycles. The molecular formula is C14H16Cl2N4O2. The molecule has 0 saturated heterocycles. The number of halogens is 2. The Morgan fingerprint density at radius 1 is 1.41 bits per heavy atom. The van der Waals surface area contributed by atoms with Gasteiger partial charge in [0.2, 0.25) is 0 Å². The third-order valence-electron chi connectivity index (χ3n) is 2.60. The maximum absolute atomic E-state index is 11.8. The van der Waals surface area contributed by atoms with Gasteiger partial charge in [0, 0.05) is 12.3 Å². The maximum Gasteiger partial charge on any atom is 0.412 e. The molecule has 2 heterocycles. The van der Waals surface area contributed by atoms with Crippen molar-refractivity contribution in [3.63, 3.8) is 0 Å². The minimum absolute atomic E-state index is 0.254. The summed E-state index contributed by atoms with van der Waals surface area (Å²) in [5.74, 6) is 1.05. The molecule has 22 heavy (non-hydrogen) atoms. The summed E-state index contributed by atoms with van der Waals surface area (Å²) in [6, 6.07) is 3.26. The van der Waals surface area contributed by atoms with Crippen molar-refractivity contribution in [3.05, 3.63) is 34.1 Å². The first-order valence-corrected chi connectivity index (χ1v) is 7.44. The number of hydrogen-bond acceptors (Lipinski definition) is 4. The van der Waals surface area contributed by atoms with Gasteiger partial charge in [-0.25, -0.2) is 9.78 Å². The Morgan fingerprint density at radius 2 is 2.14 bits per heavy atom. The fraction of sp³-hybridized carbons (Fsp3) is 0.357.